The Bertz CT molecular complexity index is 241. The van der Waals surface area contributed by atoms with Crippen LogP contribution in [0.15, 0.2) is 0 Å². The van der Waals surface area contributed by atoms with Crippen molar-refractivity contribution in [3.8, 4) is 0 Å². The van der Waals surface area contributed by atoms with Crippen LogP contribution in [-0.2, 0) is 13.5 Å². The molecule has 3 nitrogen and oxygen atoms in total. The highest BCUT2D eigenvalue weighted by Crippen LogP contribution is 2.32. The molecule has 0 atom stereocenters. The number of aryl methyl sites for hydroxylation is 2. The topological polar surface area (TPSA) is 30.7 Å². The minimum atomic E-state index is 0.922. The maximum Gasteiger partial charge on any atom is 0.0828 e. The Hall–Kier alpha value is -0.860. The molecular weight excluding hydrogens is 138 g/mol. The van der Waals surface area contributed by atoms with Gasteiger partial charge in [0.25, 0.3) is 0 Å². The zero-order valence-corrected chi connectivity index (χ0v) is 7.04. The van der Waals surface area contributed by atoms with Gasteiger partial charge in [-0.2, -0.15) is 0 Å². The van der Waals surface area contributed by atoms with E-state index in [4.69, 9.17) is 0 Å². The molecule has 3 heteroatoms. The van der Waals surface area contributed by atoms with Crippen LogP contribution < -0.4 is 0 Å². The molecule has 0 amide bonds. The Labute approximate surface area is 66.4 Å². The Kier molecular flexibility index (Phi) is 1.44. The van der Waals surface area contributed by atoms with E-state index in [9.17, 15) is 0 Å². The first-order valence-corrected chi connectivity index (χ1v) is 4.12. The normalized spacial score (nSPS) is 17.3. The van der Waals surface area contributed by atoms with Gasteiger partial charge in [0.05, 0.1) is 11.4 Å². The average Bonchev–Trinajstić information content (AvgIpc) is 2.73. The molecule has 11 heavy (non-hydrogen) atoms. The van der Waals surface area contributed by atoms with Gasteiger partial charge < -0.3 is 0 Å². The van der Waals surface area contributed by atoms with E-state index in [1.165, 1.54) is 25.0 Å². The summed E-state index contributed by atoms with van der Waals surface area (Å²) in [5.41, 5.74) is 2.41. The fourth-order valence-corrected chi connectivity index (χ4v) is 1.36. The number of aromatic nitrogens is 3. The summed E-state index contributed by atoms with van der Waals surface area (Å²) < 4.78 is 1.90. The Morgan fingerprint density at radius 1 is 1.55 bits per heavy atom. The predicted octanol–water partition coefficient (Wildman–Crippen LogP) is 1.08. The molecular formula is C8H13N3. The Morgan fingerprint density at radius 2 is 2.27 bits per heavy atom. The predicted molar refractivity (Wildman–Crippen MR) is 42.2 cm³/mol. The highest BCUT2D eigenvalue weighted by Gasteiger charge is 2.24. The second-order valence-corrected chi connectivity index (χ2v) is 3.39. The molecule has 0 bridgehead atoms. The van der Waals surface area contributed by atoms with E-state index in [1.54, 1.807) is 0 Å². The summed E-state index contributed by atoms with van der Waals surface area (Å²) in [6, 6.07) is 0. The third kappa shape index (κ3) is 1.27. The van der Waals surface area contributed by atoms with Gasteiger partial charge in [0.15, 0.2) is 0 Å². The second-order valence-electron chi connectivity index (χ2n) is 3.39. The van der Waals surface area contributed by atoms with Crippen LogP contribution in [0.1, 0.15) is 24.2 Å². The molecule has 1 aliphatic carbocycles. The van der Waals surface area contributed by atoms with E-state index in [0.29, 0.717) is 0 Å². The number of hydrogen-bond donors (Lipinski definition) is 0. The largest absolute Gasteiger partial charge is 0.252 e. The molecule has 0 spiro atoms. The lowest BCUT2D eigenvalue weighted by molar-refractivity contribution is 0.654. The van der Waals surface area contributed by atoms with E-state index < -0.39 is 0 Å². The highest BCUT2D eigenvalue weighted by molar-refractivity contribution is 5.09. The molecule has 0 aromatic carbocycles. The monoisotopic (exact) mass is 151 g/mol. The van der Waals surface area contributed by atoms with Crippen LogP contribution >= 0.6 is 0 Å². The van der Waals surface area contributed by atoms with Crippen molar-refractivity contribution >= 4 is 0 Å². The molecule has 1 aromatic rings. The lowest BCUT2D eigenvalue weighted by Gasteiger charge is -1.98. The first-order valence-electron chi connectivity index (χ1n) is 4.12. The molecule has 1 heterocycles. The molecule has 0 aliphatic heterocycles. The van der Waals surface area contributed by atoms with Gasteiger partial charge in [-0.3, -0.25) is 4.68 Å². The fourth-order valence-electron chi connectivity index (χ4n) is 1.36. The summed E-state index contributed by atoms with van der Waals surface area (Å²) in [7, 11) is 1.97. The highest BCUT2D eigenvalue weighted by atomic mass is 15.4. The van der Waals surface area contributed by atoms with Crippen LogP contribution in [0.25, 0.3) is 0 Å². The van der Waals surface area contributed by atoms with Crippen molar-refractivity contribution in [1.82, 2.24) is 15.0 Å². The summed E-state index contributed by atoms with van der Waals surface area (Å²) in [6.07, 6.45) is 3.96. The van der Waals surface area contributed by atoms with Crippen molar-refractivity contribution in [2.75, 3.05) is 0 Å². The van der Waals surface area contributed by atoms with Crippen LogP contribution in [-0.4, -0.2) is 15.0 Å². The summed E-state index contributed by atoms with van der Waals surface area (Å²) in [5, 5.41) is 7.97. The lowest BCUT2D eigenvalue weighted by Crippen LogP contribution is -2.00. The van der Waals surface area contributed by atoms with Gasteiger partial charge >= 0.3 is 0 Å². The summed E-state index contributed by atoms with van der Waals surface area (Å²) in [6.45, 7) is 2.03. The molecule has 1 aliphatic rings. The third-order valence-corrected chi connectivity index (χ3v) is 2.32. The van der Waals surface area contributed by atoms with Gasteiger partial charge in [0, 0.05) is 7.05 Å². The first-order chi connectivity index (χ1) is 5.27. The molecule has 0 unspecified atom stereocenters. The fraction of sp³-hybridized carbons (Fsp3) is 0.750. The van der Waals surface area contributed by atoms with Gasteiger partial charge in [0.1, 0.15) is 0 Å². The first kappa shape index (κ1) is 6.83. The van der Waals surface area contributed by atoms with E-state index in [0.717, 1.165) is 11.6 Å². The van der Waals surface area contributed by atoms with Crippen molar-refractivity contribution in [3.05, 3.63) is 11.4 Å². The summed E-state index contributed by atoms with van der Waals surface area (Å²) in [4.78, 5) is 0. The molecule has 1 fully saturated rings. The third-order valence-electron chi connectivity index (χ3n) is 2.32. The number of nitrogens with zero attached hydrogens (tertiary/aromatic N) is 3. The van der Waals surface area contributed by atoms with Gasteiger partial charge in [-0.05, 0) is 32.1 Å². The molecule has 0 N–H and O–H groups in total. The second kappa shape index (κ2) is 2.32. The van der Waals surface area contributed by atoms with Crippen LogP contribution in [0.2, 0.25) is 0 Å². The van der Waals surface area contributed by atoms with Gasteiger partial charge in [0.2, 0.25) is 0 Å². The smallest absolute Gasteiger partial charge is 0.0828 e. The van der Waals surface area contributed by atoms with Gasteiger partial charge in [-0.25, -0.2) is 0 Å². The van der Waals surface area contributed by atoms with Crippen LogP contribution in [0.3, 0.4) is 0 Å². The van der Waals surface area contributed by atoms with Crippen molar-refractivity contribution in [1.29, 1.82) is 0 Å². The minimum Gasteiger partial charge on any atom is -0.252 e. The summed E-state index contributed by atoms with van der Waals surface area (Å²) in [5.74, 6) is 0.922. The van der Waals surface area contributed by atoms with Crippen LogP contribution in [0.5, 0.6) is 0 Å². The average molecular weight is 151 g/mol. The molecule has 0 radical (unpaired) electrons. The van der Waals surface area contributed by atoms with Gasteiger partial charge in [-0.1, -0.05) is 5.21 Å². The van der Waals surface area contributed by atoms with Crippen LogP contribution in [0, 0.1) is 12.8 Å². The quantitative estimate of drug-likeness (QED) is 0.633. The Morgan fingerprint density at radius 3 is 2.73 bits per heavy atom. The van der Waals surface area contributed by atoms with Crippen LogP contribution in [0.4, 0.5) is 0 Å². The number of hydrogen-bond acceptors (Lipinski definition) is 2. The standard InChI is InChI=1S/C8H13N3/c1-6-8(5-7-3-4-7)11(2)10-9-6/h7H,3-5H2,1-2H3. The molecule has 2 rings (SSSR count). The van der Waals surface area contributed by atoms with Crippen molar-refractivity contribution < 1.29 is 0 Å². The molecule has 60 valence electrons. The number of rotatable bonds is 2. The van der Waals surface area contributed by atoms with Crippen molar-refractivity contribution in [2.24, 2.45) is 13.0 Å². The maximum absolute atomic E-state index is 4.01. The molecule has 0 saturated heterocycles. The minimum absolute atomic E-state index is 0.922. The summed E-state index contributed by atoms with van der Waals surface area (Å²) >= 11 is 0. The van der Waals surface area contributed by atoms with E-state index in [-0.39, 0.29) is 0 Å². The van der Waals surface area contributed by atoms with E-state index in [1.807, 2.05) is 18.7 Å². The van der Waals surface area contributed by atoms with E-state index in [2.05, 4.69) is 10.3 Å². The molecule has 1 saturated carbocycles. The molecule has 1 aromatic heterocycles. The van der Waals surface area contributed by atoms with E-state index >= 15 is 0 Å². The van der Waals surface area contributed by atoms with Gasteiger partial charge in [-0.15, -0.1) is 5.10 Å². The zero-order valence-electron chi connectivity index (χ0n) is 7.04. The maximum atomic E-state index is 4.01. The lowest BCUT2D eigenvalue weighted by atomic mass is 10.2. The Balaban J connectivity index is 2.19. The van der Waals surface area contributed by atoms with Crippen molar-refractivity contribution in [2.45, 2.75) is 26.2 Å². The zero-order chi connectivity index (χ0) is 7.84. The van der Waals surface area contributed by atoms with Crippen molar-refractivity contribution in [3.63, 3.8) is 0 Å². The SMILES string of the molecule is Cc1nnn(C)c1CC1CC1.